The lowest BCUT2D eigenvalue weighted by Gasteiger charge is -2.22. The van der Waals surface area contributed by atoms with Gasteiger partial charge in [-0.1, -0.05) is 6.42 Å². The molecule has 2 N–H and O–H groups in total. The fourth-order valence-corrected chi connectivity index (χ4v) is 2.64. The number of rotatable bonds is 10. The number of hydrogen-bond acceptors (Lipinski definition) is 4. The molecule has 5 heteroatoms. The minimum absolute atomic E-state index is 0.124. The fraction of sp³-hybridized carbons (Fsp3) is 0.929. The van der Waals surface area contributed by atoms with Crippen molar-refractivity contribution in [2.45, 2.75) is 44.6 Å². The summed E-state index contributed by atoms with van der Waals surface area (Å²) in [5.74, 6) is 1.34. The van der Waals surface area contributed by atoms with Gasteiger partial charge in [-0.05, 0) is 50.8 Å². The van der Waals surface area contributed by atoms with Crippen LogP contribution in [0.3, 0.4) is 0 Å². The zero-order valence-electron chi connectivity index (χ0n) is 12.1. The van der Waals surface area contributed by atoms with E-state index in [9.17, 15) is 4.79 Å². The molecule has 0 atom stereocenters. The van der Waals surface area contributed by atoms with Crippen LogP contribution in [0.25, 0.3) is 0 Å². The summed E-state index contributed by atoms with van der Waals surface area (Å²) in [6.07, 6.45) is 8.64. The van der Waals surface area contributed by atoms with E-state index < -0.39 is 0 Å². The van der Waals surface area contributed by atoms with E-state index in [-0.39, 0.29) is 5.91 Å². The monoisotopic (exact) mass is 288 g/mol. The normalized spacial score (nSPS) is 16.5. The Bertz CT molecular complexity index is 233. The van der Waals surface area contributed by atoms with Crippen LogP contribution < -0.4 is 10.6 Å². The molecule has 0 unspecified atom stereocenters. The maximum atomic E-state index is 11.6. The van der Waals surface area contributed by atoms with Crippen molar-refractivity contribution < 1.29 is 9.53 Å². The lowest BCUT2D eigenvalue weighted by Crippen LogP contribution is -2.33. The number of unbranched alkanes of at least 4 members (excludes halogenated alkanes) is 2. The molecule has 1 saturated heterocycles. The summed E-state index contributed by atoms with van der Waals surface area (Å²) in [5, 5.41) is 6.26. The molecule has 1 heterocycles. The van der Waals surface area contributed by atoms with E-state index in [0.717, 1.165) is 38.9 Å². The predicted molar refractivity (Wildman–Crippen MR) is 81.7 cm³/mol. The minimum Gasteiger partial charge on any atom is -0.378 e. The van der Waals surface area contributed by atoms with E-state index in [2.05, 4.69) is 16.9 Å². The van der Waals surface area contributed by atoms with Gasteiger partial charge < -0.3 is 15.4 Å². The van der Waals surface area contributed by atoms with Crippen molar-refractivity contribution in [3.63, 3.8) is 0 Å². The third-order valence-electron chi connectivity index (χ3n) is 3.32. The molecule has 19 heavy (non-hydrogen) atoms. The number of carbonyl (C=O) groups excluding carboxylic acids is 1. The second-order valence-corrected chi connectivity index (χ2v) is 5.96. The van der Waals surface area contributed by atoms with Gasteiger partial charge in [0.25, 0.3) is 0 Å². The van der Waals surface area contributed by atoms with E-state index in [1.54, 1.807) is 0 Å². The molecular weight excluding hydrogens is 260 g/mol. The number of ether oxygens (including phenoxy) is 1. The number of piperidine rings is 1. The van der Waals surface area contributed by atoms with E-state index in [4.69, 9.17) is 4.74 Å². The van der Waals surface area contributed by atoms with Crippen molar-refractivity contribution in [2.24, 2.45) is 0 Å². The van der Waals surface area contributed by atoms with Gasteiger partial charge in [-0.15, -0.1) is 0 Å². The first kappa shape index (κ1) is 16.8. The van der Waals surface area contributed by atoms with Gasteiger partial charge in [-0.25, -0.2) is 0 Å². The van der Waals surface area contributed by atoms with Crippen LogP contribution in [0.15, 0.2) is 0 Å². The molecule has 0 spiro atoms. The van der Waals surface area contributed by atoms with Crippen molar-refractivity contribution >= 4 is 17.7 Å². The summed E-state index contributed by atoms with van der Waals surface area (Å²) in [6, 6.07) is 0. The van der Waals surface area contributed by atoms with E-state index in [1.807, 2.05) is 11.8 Å². The van der Waals surface area contributed by atoms with Crippen molar-refractivity contribution in [1.29, 1.82) is 0 Å². The van der Waals surface area contributed by atoms with E-state index >= 15 is 0 Å². The number of hydrogen-bond donors (Lipinski definition) is 2. The second kappa shape index (κ2) is 11.6. The van der Waals surface area contributed by atoms with Crippen molar-refractivity contribution in [3.05, 3.63) is 0 Å². The number of thioether (sulfide) groups is 1. The van der Waals surface area contributed by atoms with Gasteiger partial charge in [0.1, 0.15) is 0 Å². The smallest absolute Gasteiger partial charge is 0.222 e. The Morgan fingerprint density at radius 2 is 2.11 bits per heavy atom. The minimum atomic E-state index is 0.124. The highest BCUT2D eigenvalue weighted by Crippen LogP contribution is 2.07. The van der Waals surface area contributed by atoms with Crippen LogP contribution in [-0.4, -0.2) is 50.3 Å². The van der Waals surface area contributed by atoms with Crippen LogP contribution in [0, 0.1) is 0 Å². The Hall–Kier alpha value is -0.260. The fourth-order valence-electron chi connectivity index (χ4n) is 2.14. The summed E-state index contributed by atoms with van der Waals surface area (Å²) in [7, 11) is 0. The van der Waals surface area contributed by atoms with Gasteiger partial charge in [0.05, 0.1) is 12.7 Å². The number of nitrogens with one attached hydrogen (secondary N) is 2. The molecule has 0 aromatic heterocycles. The molecule has 4 nitrogen and oxygen atoms in total. The van der Waals surface area contributed by atoms with Crippen LogP contribution in [-0.2, 0) is 9.53 Å². The van der Waals surface area contributed by atoms with E-state index in [1.165, 1.54) is 18.6 Å². The summed E-state index contributed by atoms with van der Waals surface area (Å²) in [6.45, 7) is 3.43. The Labute approximate surface area is 121 Å². The molecule has 0 aromatic rings. The maximum Gasteiger partial charge on any atom is 0.222 e. The third kappa shape index (κ3) is 9.30. The van der Waals surface area contributed by atoms with Gasteiger partial charge >= 0.3 is 0 Å². The zero-order chi connectivity index (χ0) is 13.8. The first-order chi connectivity index (χ1) is 9.33. The molecule has 0 aliphatic carbocycles. The molecule has 0 radical (unpaired) electrons. The highest BCUT2D eigenvalue weighted by molar-refractivity contribution is 7.98. The topological polar surface area (TPSA) is 50.4 Å². The standard InChI is InChI=1S/C14H28N2O2S/c1-19-12-4-2-3-8-16-14(17)7-11-18-13-5-9-15-10-6-13/h13,15H,2-12H2,1H3,(H,16,17). The van der Waals surface area contributed by atoms with E-state index in [0.29, 0.717) is 19.1 Å². The Morgan fingerprint density at radius 3 is 2.84 bits per heavy atom. The van der Waals surface area contributed by atoms with Gasteiger partial charge in [0, 0.05) is 13.0 Å². The summed E-state index contributed by atoms with van der Waals surface area (Å²) in [5.41, 5.74) is 0. The molecular formula is C14H28N2O2S. The summed E-state index contributed by atoms with van der Waals surface area (Å²) < 4.78 is 5.71. The largest absolute Gasteiger partial charge is 0.378 e. The Balaban J connectivity index is 1.87. The maximum absolute atomic E-state index is 11.6. The highest BCUT2D eigenvalue weighted by Gasteiger charge is 2.13. The molecule has 1 amide bonds. The average Bonchev–Trinajstić information content (AvgIpc) is 2.44. The second-order valence-electron chi connectivity index (χ2n) is 4.97. The van der Waals surface area contributed by atoms with Crippen molar-refractivity contribution in [2.75, 3.05) is 38.2 Å². The Kier molecular flexibility index (Phi) is 10.2. The van der Waals surface area contributed by atoms with Crippen LogP contribution in [0.4, 0.5) is 0 Å². The molecule has 1 aliphatic rings. The Morgan fingerprint density at radius 1 is 1.32 bits per heavy atom. The molecule has 0 bridgehead atoms. The van der Waals surface area contributed by atoms with Crippen LogP contribution >= 0.6 is 11.8 Å². The van der Waals surface area contributed by atoms with Crippen molar-refractivity contribution in [1.82, 2.24) is 10.6 Å². The molecule has 0 aromatic carbocycles. The first-order valence-corrected chi connectivity index (χ1v) is 8.80. The van der Waals surface area contributed by atoms with Crippen LogP contribution in [0.1, 0.15) is 38.5 Å². The highest BCUT2D eigenvalue weighted by atomic mass is 32.2. The molecule has 0 saturated carbocycles. The average molecular weight is 288 g/mol. The zero-order valence-corrected chi connectivity index (χ0v) is 12.9. The van der Waals surface area contributed by atoms with Gasteiger partial charge in [0.15, 0.2) is 0 Å². The van der Waals surface area contributed by atoms with Gasteiger partial charge in [0.2, 0.25) is 5.91 Å². The lowest BCUT2D eigenvalue weighted by atomic mass is 10.1. The third-order valence-corrected chi connectivity index (χ3v) is 4.01. The van der Waals surface area contributed by atoms with Crippen LogP contribution in [0.2, 0.25) is 0 Å². The molecule has 112 valence electrons. The van der Waals surface area contributed by atoms with Gasteiger partial charge in [-0.3, -0.25) is 4.79 Å². The number of amides is 1. The molecule has 1 fully saturated rings. The summed E-state index contributed by atoms with van der Waals surface area (Å²) >= 11 is 1.88. The first-order valence-electron chi connectivity index (χ1n) is 7.41. The summed E-state index contributed by atoms with van der Waals surface area (Å²) in [4.78, 5) is 11.6. The van der Waals surface area contributed by atoms with Crippen LogP contribution in [0.5, 0.6) is 0 Å². The van der Waals surface area contributed by atoms with Crippen molar-refractivity contribution in [3.8, 4) is 0 Å². The predicted octanol–water partition coefficient (Wildman–Crippen LogP) is 1.79. The van der Waals surface area contributed by atoms with Gasteiger partial charge in [-0.2, -0.15) is 11.8 Å². The number of carbonyl (C=O) groups is 1. The SMILES string of the molecule is CSCCCCCNC(=O)CCOC1CCNCC1. The quantitative estimate of drug-likeness (QED) is 0.602. The lowest BCUT2D eigenvalue weighted by molar-refractivity contribution is -0.122. The molecule has 1 aliphatic heterocycles. The molecule has 1 rings (SSSR count).